The number of rotatable bonds is 5. The van der Waals surface area contributed by atoms with Crippen molar-refractivity contribution in [2.24, 2.45) is 11.7 Å². The van der Waals surface area contributed by atoms with Gasteiger partial charge in [0.25, 0.3) is 0 Å². The molecule has 1 aromatic rings. The van der Waals surface area contributed by atoms with Gasteiger partial charge in [-0.2, -0.15) is 0 Å². The Bertz CT molecular complexity index is 621. The monoisotopic (exact) mass is 353 g/mol. The number of fused-ring (bicyclic) bond motifs is 1. The largest absolute Gasteiger partial charge is 0.489 e. The fraction of sp³-hybridized carbons (Fsp3) is 0.529. The molecule has 1 heterocycles. The van der Waals surface area contributed by atoms with Crippen LogP contribution in [-0.4, -0.2) is 41.9 Å². The predicted octanol–water partition coefficient (Wildman–Crippen LogP) is 1.55. The van der Waals surface area contributed by atoms with E-state index in [2.05, 4.69) is 5.32 Å². The number of carbonyl (C=O) groups excluding carboxylic acids is 2. The lowest BCUT2D eigenvalue weighted by molar-refractivity contribution is -0.129. The second-order valence-electron chi connectivity index (χ2n) is 6.54. The number of primary amides is 1. The average Bonchev–Trinajstić information content (AvgIpc) is 2.61. The van der Waals surface area contributed by atoms with E-state index < -0.39 is 11.9 Å². The van der Waals surface area contributed by atoms with Crippen LogP contribution in [0.1, 0.15) is 26.3 Å². The van der Waals surface area contributed by atoms with Crippen molar-refractivity contribution >= 4 is 23.4 Å². The van der Waals surface area contributed by atoms with Crippen LogP contribution in [0.3, 0.4) is 0 Å². The number of benzene rings is 1. The molecule has 0 spiro atoms. The number of hydrogen-bond acceptors (Lipinski definition) is 4. The molecule has 0 aromatic heterocycles. The van der Waals surface area contributed by atoms with E-state index in [9.17, 15) is 9.59 Å². The predicted molar refractivity (Wildman–Crippen MR) is 92.8 cm³/mol. The van der Waals surface area contributed by atoms with E-state index in [1.165, 1.54) is 0 Å². The maximum absolute atomic E-state index is 12.3. The van der Waals surface area contributed by atoms with E-state index >= 15 is 0 Å². The van der Waals surface area contributed by atoms with Gasteiger partial charge in [-0.15, -0.1) is 0 Å². The third-order valence-electron chi connectivity index (χ3n) is 3.92. The molecule has 1 aromatic carbocycles. The highest BCUT2D eigenvalue weighted by molar-refractivity contribution is 6.30. The number of ether oxygens (including phenoxy) is 1. The Kier molecular flexibility index (Phi) is 6.07. The number of nitrogens with two attached hydrogens (primary N) is 1. The van der Waals surface area contributed by atoms with Crippen molar-refractivity contribution in [1.82, 2.24) is 10.2 Å². The van der Waals surface area contributed by atoms with Crippen LogP contribution in [0.25, 0.3) is 0 Å². The number of amides is 2. The first-order valence-electron chi connectivity index (χ1n) is 8.02. The Balaban J connectivity index is 2.06. The van der Waals surface area contributed by atoms with Crippen LogP contribution in [-0.2, 0) is 16.1 Å². The minimum atomic E-state index is -0.667. The lowest BCUT2D eigenvalue weighted by Gasteiger charge is -2.24. The van der Waals surface area contributed by atoms with Crippen LogP contribution >= 0.6 is 11.6 Å². The average molecular weight is 354 g/mol. The Morgan fingerprint density at radius 1 is 1.46 bits per heavy atom. The SMILES string of the molecule is CC1CN(CC(=O)N[C@H](C(N)=O)C(C)C)Cc2cc(Cl)ccc2O1. The number of hydrogen-bond donors (Lipinski definition) is 2. The van der Waals surface area contributed by atoms with Gasteiger partial charge in [-0.25, -0.2) is 0 Å². The zero-order chi connectivity index (χ0) is 17.9. The fourth-order valence-corrected chi connectivity index (χ4v) is 3.01. The summed E-state index contributed by atoms with van der Waals surface area (Å²) >= 11 is 6.05. The van der Waals surface area contributed by atoms with Crippen LogP contribution < -0.4 is 15.8 Å². The molecule has 0 saturated heterocycles. The summed E-state index contributed by atoms with van der Waals surface area (Å²) in [6.07, 6.45) is -0.0581. The molecule has 1 aliphatic rings. The smallest absolute Gasteiger partial charge is 0.240 e. The van der Waals surface area contributed by atoms with E-state index in [1.807, 2.05) is 37.8 Å². The Labute approximate surface area is 147 Å². The van der Waals surface area contributed by atoms with Crippen molar-refractivity contribution in [1.29, 1.82) is 0 Å². The van der Waals surface area contributed by atoms with Crippen molar-refractivity contribution in [3.05, 3.63) is 28.8 Å². The van der Waals surface area contributed by atoms with Gasteiger partial charge in [0.2, 0.25) is 11.8 Å². The van der Waals surface area contributed by atoms with Gasteiger partial charge in [0.05, 0.1) is 6.54 Å². The lowest BCUT2D eigenvalue weighted by atomic mass is 10.0. The molecule has 2 amide bonds. The highest BCUT2D eigenvalue weighted by atomic mass is 35.5. The summed E-state index contributed by atoms with van der Waals surface area (Å²) in [5.74, 6) is -0.0300. The molecule has 0 radical (unpaired) electrons. The van der Waals surface area contributed by atoms with Crippen LogP contribution in [0.5, 0.6) is 5.75 Å². The molecule has 1 unspecified atom stereocenters. The second kappa shape index (κ2) is 7.85. The first kappa shape index (κ1) is 18.5. The molecule has 132 valence electrons. The minimum absolute atomic E-state index is 0.0580. The molecule has 1 aliphatic heterocycles. The van der Waals surface area contributed by atoms with E-state index in [1.54, 1.807) is 6.07 Å². The zero-order valence-corrected chi connectivity index (χ0v) is 15.0. The number of carbonyl (C=O) groups is 2. The molecule has 6 nitrogen and oxygen atoms in total. The normalized spacial score (nSPS) is 19.1. The van der Waals surface area contributed by atoms with Crippen molar-refractivity contribution in [3.8, 4) is 5.75 Å². The van der Waals surface area contributed by atoms with Crippen LogP contribution in [0.2, 0.25) is 5.02 Å². The van der Waals surface area contributed by atoms with Crippen molar-refractivity contribution in [2.75, 3.05) is 13.1 Å². The van der Waals surface area contributed by atoms with Crippen molar-refractivity contribution in [3.63, 3.8) is 0 Å². The van der Waals surface area contributed by atoms with E-state index in [-0.39, 0.29) is 24.5 Å². The highest BCUT2D eigenvalue weighted by Gasteiger charge is 2.25. The molecule has 0 fully saturated rings. The standard InChI is InChI=1S/C17H24ClN3O3/c1-10(2)16(17(19)23)20-15(22)9-21-7-11(3)24-14-5-4-13(18)6-12(14)8-21/h4-6,10-11,16H,7-9H2,1-3H3,(H2,19,23)(H,20,22)/t11?,16-/m0/s1. The van der Waals surface area contributed by atoms with E-state index in [0.29, 0.717) is 18.1 Å². The summed E-state index contributed by atoms with van der Waals surface area (Å²) < 4.78 is 5.88. The Morgan fingerprint density at radius 3 is 2.79 bits per heavy atom. The first-order valence-corrected chi connectivity index (χ1v) is 8.40. The third kappa shape index (κ3) is 4.85. The Hall–Kier alpha value is -1.79. The molecule has 0 saturated carbocycles. The lowest BCUT2D eigenvalue weighted by Crippen LogP contribution is -2.50. The quantitative estimate of drug-likeness (QED) is 0.841. The fourth-order valence-electron chi connectivity index (χ4n) is 2.82. The molecule has 0 aliphatic carbocycles. The molecule has 2 rings (SSSR count). The van der Waals surface area contributed by atoms with Crippen LogP contribution in [0.4, 0.5) is 0 Å². The summed E-state index contributed by atoms with van der Waals surface area (Å²) in [6, 6.07) is 4.81. The third-order valence-corrected chi connectivity index (χ3v) is 4.15. The number of nitrogens with zero attached hydrogens (tertiary/aromatic N) is 1. The summed E-state index contributed by atoms with van der Waals surface area (Å²) in [5.41, 5.74) is 6.28. The van der Waals surface area contributed by atoms with Gasteiger partial charge in [0.1, 0.15) is 17.9 Å². The molecule has 24 heavy (non-hydrogen) atoms. The maximum Gasteiger partial charge on any atom is 0.240 e. The van der Waals surface area contributed by atoms with Gasteiger partial charge in [0.15, 0.2) is 0 Å². The highest BCUT2D eigenvalue weighted by Crippen LogP contribution is 2.27. The summed E-state index contributed by atoms with van der Waals surface area (Å²) in [5, 5.41) is 3.34. The maximum atomic E-state index is 12.3. The first-order chi connectivity index (χ1) is 11.3. The second-order valence-corrected chi connectivity index (χ2v) is 6.98. The van der Waals surface area contributed by atoms with Gasteiger partial charge in [-0.1, -0.05) is 25.4 Å². The van der Waals surface area contributed by atoms with E-state index in [0.717, 1.165) is 11.3 Å². The summed E-state index contributed by atoms with van der Waals surface area (Å²) in [4.78, 5) is 25.7. The summed E-state index contributed by atoms with van der Waals surface area (Å²) in [7, 11) is 0. The molecular weight excluding hydrogens is 330 g/mol. The topological polar surface area (TPSA) is 84.7 Å². The molecule has 2 atom stereocenters. The summed E-state index contributed by atoms with van der Waals surface area (Å²) in [6.45, 7) is 6.95. The molecule has 0 bridgehead atoms. The van der Waals surface area contributed by atoms with Gasteiger partial charge < -0.3 is 15.8 Å². The van der Waals surface area contributed by atoms with Crippen LogP contribution in [0, 0.1) is 5.92 Å². The van der Waals surface area contributed by atoms with Gasteiger partial charge in [-0.3, -0.25) is 14.5 Å². The van der Waals surface area contributed by atoms with Crippen molar-refractivity contribution < 1.29 is 14.3 Å². The number of nitrogens with one attached hydrogen (secondary N) is 1. The molecular formula is C17H24ClN3O3. The van der Waals surface area contributed by atoms with Gasteiger partial charge in [0, 0.05) is 23.7 Å². The zero-order valence-electron chi connectivity index (χ0n) is 14.2. The van der Waals surface area contributed by atoms with Crippen molar-refractivity contribution in [2.45, 2.75) is 39.5 Å². The minimum Gasteiger partial charge on any atom is -0.489 e. The molecule has 7 heteroatoms. The van der Waals surface area contributed by atoms with Gasteiger partial charge in [-0.05, 0) is 31.0 Å². The number of halogens is 1. The van der Waals surface area contributed by atoms with E-state index in [4.69, 9.17) is 22.1 Å². The van der Waals surface area contributed by atoms with Crippen LogP contribution in [0.15, 0.2) is 18.2 Å². The van der Waals surface area contributed by atoms with Gasteiger partial charge >= 0.3 is 0 Å². The molecule has 3 N–H and O–H groups in total. The Morgan fingerprint density at radius 2 is 2.17 bits per heavy atom.